The van der Waals surface area contributed by atoms with Crippen LogP contribution in [0.2, 0.25) is 0 Å². The van der Waals surface area contributed by atoms with E-state index in [2.05, 4.69) is 33.7 Å². The third-order valence-corrected chi connectivity index (χ3v) is 4.95. The van der Waals surface area contributed by atoms with E-state index in [4.69, 9.17) is 4.84 Å². The minimum atomic E-state index is -0.161. The molecule has 6 heteroatoms. The van der Waals surface area contributed by atoms with Crippen LogP contribution in [0, 0.1) is 5.92 Å². The van der Waals surface area contributed by atoms with Crippen molar-refractivity contribution in [3.05, 3.63) is 35.3 Å². The number of pyridine rings is 1. The fraction of sp³-hybridized carbons (Fsp3) is 0.471. The number of hydrogen-bond acceptors (Lipinski definition) is 4. The van der Waals surface area contributed by atoms with Crippen LogP contribution in [-0.4, -0.2) is 27.7 Å². The van der Waals surface area contributed by atoms with E-state index in [0.717, 1.165) is 19.3 Å². The Kier molecular flexibility index (Phi) is 3.32. The van der Waals surface area contributed by atoms with Gasteiger partial charge in [0.15, 0.2) is 5.84 Å². The van der Waals surface area contributed by atoms with Gasteiger partial charge in [0, 0.05) is 18.1 Å². The molecule has 6 nitrogen and oxygen atoms in total. The lowest BCUT2D eigenvalue weighted by molar-refractivity contribution is 0.0976. The highest BCUT2D eigenvalue weighted by Gasteiger charge is 2.28. The fourth-order valence-corrected chi connectivity index (χ4v) is 3.50. The summed E-state index contributed by atoms with van der Waals surface area (Å²) in [6.07, 6.45) is 6.73. The van der Waals surface area contributed by atoms with Crippen molar-refractivity contribution in [2.75, 3.05) is 6.61 Å². The molecule has 23 heavy (non-hydrogen) atoms. The number of aryl methyl sites for hydroxylation is 1. The van der Waals surface area contributed by atoms with Crippen molar-refractivity contribution < 1.29 is 9.63 Å². The molecule has 2 aromatic heterocycles. The van der Waals surface area contributed by atoms with Gasteiger partial charge in [-0.15, -0.1) is 0 Å². The van der Waals surface area contributed by atoms with Gasteiger partial charge in [-0.3, -0.25) is 4.79 Å². The molecule has 0 saturated carbocycles. The number of amidine groups is 1. The summed E-state index contributed by atoms with van der Waals surface area (Å²) in [6, 6.07) is 2.00. The average molecular weight is 312 g/mol. The van der Waals surface area contributed by atoms with Crippen molar-refractivity contribution in [1.29, 1.82) is 0 Å². The minimum absolute atomic E-state index is 0.156. The van der Waals surface area contributed by atoms with Crippen LogP contribution in [0.3, 0.4) is 0 Å². The average Bonchev–Trinajstić information content (AvgIpc) is 3.25. The van der Waals surface area contributed by atoms with Crippen LogP contribution in [0.15, 0.2) is 23.6 Å². The van der Waals surface area contributed by atoms with Crippen LogP contribution in [0.4, 0.5) is 0 Å². The molecule has 1 aliphatic heterocycles. The highest BCUT2D eigenvalue weighted by Crippen LogP contribution is 2.34. The Balaban J connectivity index is 1.73. The number of carbonyl (C=O) groups excluding carboxylic acids is 1. The maximum Gasteiger partial charge on any atom is 0.260 e. The van der Waals surface area contributed by atoms with Gasteiger partial charge in [-0.1, -0.05) is 19.0 Å². The number of carbonyl (C=O) groups is 1. The summed E-state index contributed by atoms with van der Waals surface area (Å²) in [5, 5.41) is 6.88. The van der Waals surface area contributed by atoms with Gasteiger partial charge in [-0.2, -0.15) is 0 Å². The Bertz CT molecular complexity index is 808. The Labute approximate surface area is 134 Å². The molecule has 0 radical (unpaired) electrons. The molecule has 0 saturated heterocycles. The third-order valence-electron chi connectivity index (χ3n) is 4.95. The van der Waals surface area contributed by atoms with Gasteiger partial charge < -0.3 is 14.6 Å². The molecule has 3 heterocycles. The second-order valence-electron chi connectivity index (χ2n) is 6.35. The van der Waals surface area contributed by atoms with E-state index < -0.39 is 0 Å². The van der Waals surface area contributed by atoms with E-state index in [1.807, 2.05) is 12.3 Å². The van der Waals surface area contributed by atoms with Crippen molar-refractivity contribution in [3.8, 4) is 0 Å². The number of nitrogens with one attached hydrogen (secondary N) is 1. The topological polar surface area (TPSA) is 68.0 Å². The van der Waals surface area contributed by atoms with E-state index in [1.54, 1.807) is 6.20 Å². The molecule has 2 unspecified atom stereocenters. The molecule has 0 bridgehead atoms. The Morgan fingerprint density at radius 2 is 2.39 bits per heavy atom. The quantitative estimate of drug-likeness (QED) is 0.926. The van der Waals surface area contributed by atoms with Gasteiger partial charge in [0.25, 0.3) is 5.91 Å². The number of nitrogens with zero attached hydrogens (tertiary/aromatic N) is 3. The molecule has 1 N–H and O–H groups in total. The summed E-state index contributed by atoms with van der Waals surface area (Å²) in [4.78, 5) is 22.3. The van der Waals surface area contributed by atoms with Gasteiger partial charge in [0.05, 0.1) is 11.5 Å². The predicted molar refractivity (Wildman–Crippen MR) is 86.6 cm³/mol. The number of imidazole rings is 1. The first-order valence-corrected chi connectivity index (χ1v) is 8.19. The first kappa shape index (κ1) is 14.2. The van der Waals surface area contributed by atoms with E-state index in [-0.39, 0.29) is 11.8 Å². The normalized spacial score (nSPS) is 22.8. The van der Waals surface area contributed by atoms with E-state index in [1.165, 1.54) is 11.3 Å². The van der Waals surface area contributed by atoms with Crippen molar-refractivity contribution in [2.45, 2.75) is 39.0 Å². The van der Waals surface area contributed by atoms with Gasteiger partial charge in [0.2, 0.25) is 0 Å². The number of aromatic nitrogens is 2. The Morgan fingerprint density at radius 3 is 3.22 bits per heavy atom. The van der Waals surface area contributed by atoms with Gasteiger partial charge in [-0.25, -0.2) is 4.98 Å². The van der Waals surface area contributed by atoms with Gasteiger partial charge in [-0.05, 0) is 36.8 Å². The zero-order valence-electron chi connectivity index (χ0n) is 13.4. The zero-order valence-corrected chi connectivity index (χ0v) is 13.4. The highest BCUT2D eigenvalue weighted by molar-refractivity contribution is 6.10. The number of hydrogen-bond donors (Lipinski definition) is 1. The maximum absolute atomic E-state index is 12.8. The first-order valence-electron chi connectivity index (χ1n) is 8.19. The molecular weight excluding hydrogens is 292 g/mol. The molecule has 1 amide bonds. The molecular formula is C17H20N4O2. The largest absolute Gasteiger partial charge is 0.394 e. The maximum atomic E-state index is 12.8. The number of amides is 1. The molecule has 0 spiro atoms. The summed E-state index contributed by atoms with van der Waals surface area (Å²) < 4.78 is 2.05. The van der Waals surface area contributed by atoms with Gasteiger partial charge >= 0.3 is 0 Å². The third kappa shape index (κ3) is 2.20. The van der Waals surface area contributed by atoms with Crippen LogP contribution < -0.4 is 5.32 Å². The minimum Gasteiger partial charge on any atom is -0.394 e. The molecule has 0 fully saturated rings. The van der Waals surface area contributed by atoms with E-state index >= 15 is 0 Å². The van der Waals surface area contributed by atoms with Crippen LogP contribution in [0.5, 0.6) is 0 Å². The smallest absolute Gasteiger partial charge is 0.260 e. The Hall–Kier alpha value is -2.37. The van der Waals surface area contributed by atoms with Gasteiger partial charge in [0.1, 0.15) is 12.3 Å². The second-order valence-corrected chi connectivity index (χ2v) is 6.35. The first-order chi connectivity index (χ1) is 11.2. The molecule has 2 aliphatic rings. The molecule has 1 aliphatic carbocycles. The van der Waals surface area contributed by atoms with E-state index in [0.29, 0.717) is 29.6 Å². The molecule has 4 rings (SSSR count). The summed E-state index contributed by atoms with van der Waals surface area (Å²) >= 11 is 0. The van der Waals surface area contributed by atoms with Crippen LogP contribution in [0.1, 0.15) is 54.2 Å². The van der Waals surface area contributed by atoms with E-state index in [9.17, 15) is 4.79 Å². The standard InChI is InChI=1S/C17H20N4O2/c1-3-11-9-23-20-15(11)19-17(22)13-8-12-10(2)4-5-14(12)21-7-6-18-16(13)21/h6-8,10-11H,3-5,9H2,1-2H3,(H,19,20,22). The monoisotopic (exact) mass is 312 g/mol. The second kappa shape index (κ2) is 5.37. The number of fused-ring (bicyclic) bond motifs is 3. The van der Waals surface area contributed by atoms with Crippen LogP contribution in [0.25, 0.3) is 5.65 Å². The number of oxime groups is 1. The lowest BCUT2D eigenvalue weighted by atomic mass is 10.0. The van der Waals surface area contributed by atoms with Crippen molar-refractivity contribution in [2.24, 2.45) is 11.1 Å². The van der Waals surface area contributed by atoms with Crippen molar-refractivity contribution >= 4 is 17.4 Å². The summed E-state index contributed by atoms with van der Waals surface area (Å²) in [6.45, 7) is 4.80. The lowest BCUT2D eigenvalue weighted by Crippen LogP contribution is -2.35. The van der Waals surface area contributed by atoms with Crippen LogP contribution >= 0.6 is 0 Å². The predicted octanol–water partition coefficient (Wildman–Crippen LogP) is 2.48. The fourth-order valence-electron chi connectivity index (χ4n) is 3.50. The summed E-state index contributed by atoms with van der Waals surface area (Å²) in [5.74, 6) is 1.09. The van der Waals surface area contributed by atoms with Crippen LogP contribution in [-0.2, 0) is 11.3 Å². The summed E-state index contributed by atoms with van der Waals surface area (Å²) in [5.41, 5.74) is 3.83. The summed E-state index contributed by atoms with van der Waals surface area (Å²) in [7, 11) is 0. The highest BCUT2D eigenvalue weighted by atomic mass is 16.6. The SMILES string of the molecule is CCC1CON=C1NC(=O)c1cc2c(n3ccnc13)CCC2C. The lowest BCUT2D eigenvalue weighted by Gasteiger charge is -2.13. The molecule has 2 atom stereocenters. The zero-order chi connectivity index (χ0) is 16.0. The molecule has 120 valence electrons. The molecule has 0 aromatic carbocycles. The number of rotatable bonds is 2. The molecule has 2 aromatic rings. The Morgan fingerprint density at radius 1 is 1.52 bits per heavy atom. The van der Waals surface area contributed by atoms with Crippen molar-refractivity contribution in [1.82, 2.24) is 14.7 Å². The van der Waals surface area contributed by atoms with Crippen molar-refractivity contribution in [3.63, 3.8) is 0 Å².